The summed E-state index contributed by atoms with van der Waals surface area (Å²) in [4.78, 5) is 43.6. The van der Waals surface area contributed by atoms with Crippen molar-refractivity contribution in [3.8, 4) is 10.7 Å². The standard InChI is InChI=1S/C19H16N4O5S/c1-11-6-7-13(23(26)27)9-15(11)22-16(24)10-28-19(25)17-12(2)21-18(29-17)14-5-3-4-8-20-14/h3-9H,10H2,1-2H3,(H,22,24). The van der Waals surface area contributed by atoms with Gasteiger partial charge in [0.1, 0.15) is 9.88 Å². The number of thiazole rings is 1. The first-order valence-corrected chi connectivity index (χ1v) is 9.27. The normalized spacial score (nSPS) is 10.4. The molecule has 0 aliphatic carbocycles. The minimum atomic E-state index is -0.673. The number of nitro groups is 1. The Balaban J connectivity index is 1.64. The van der Waals surface area contributed by atoms with Gasteiger partial charge in [-0.1, -0.05) is 12.1 Å². The van der Waals surface area contributed by atoms with Crippen molar-refractivity contribution in [3.63, 3.8) is 0 Å². The van der Waals surface area contributed by atoms with Crippen molar-refractivity contribution in [3.05, 3.63) is 68.8 Å². The summed E-state index contributed by atoms with van der Waals surface area (Å²) < 4.78 is 5.07. The summed E-state index contributed by atoms with van der Waals surface area (Å²) in [5, 5.41) is 14.0. The first kappa shape index (κ1) is 20.1. The number of nitrogens with one attached hydrogen (secondary N) is 1. The third-order valence-corrected chi connectivity index (χ3v) is 5.07. The number of nitrogens with zero attached hydrogens (tertiary/aromatic N) is 3. The molecule has 9 nitrogen and oxygen atoms in total. The highest BCUT2D eigenvalue weighted by Crippen LogP contribution is 2.27. The molecule has 0 atom stereocenters. The highest BCUT2D eigenvalue weighted by molar-refractivity contribution is 7.17. The summed E-state index contributed by atoms with van der Waals surface area (Å²) in [6.07, 6.45) is 1.63. The van der Waals surface area contributed by atoms with E-state index in [4.69, 9.17) is 4.74 Å². The number of carbonyl (C=O) groups excluding carboxylic acids is 2. The molecule has 3 aromatic rings. The molecule has 3 rings (SSSR count). The van der Waals surface area contributed by atoms with Crippen LogP contribution in [0.1, 0.15) is 20.9 Å². The van der Waals surface area contributed by atoms with Crippen molar-refractivity contribution >= 4 is 34.6 Å². The van der Waals surface area contributed by atoms with E-state index in [0.717, 1.165) is 11.3 Å². The molecule has 0 radical (unpaired) electrons. The minimum absolute atomic E-state index is 0.148. The molecule has 148 valence electrons. The number of aromatic nitrogens is 2. The van der Waals surface area contributed by atoms with Gasteiger partial charge in [0.15, 0.2) is 6.61 Å². The van der Waals surface area contributed by atoms with Crippen LogP contribution in [0.25, 0.3) is 10.7 Å². The van der Waals surface area contributed by atoms with Gasteiger partial charge < -0.3 is 10.1 Å². The van der Waals surface area contributed by atoms with Gasteiger partial charge in [0.2, 0.25) is 0 Å². The van der Waals surface area contributed by atoms with Gasteiger partial charge in [-0.15, -0.1) is 11.3 Å². The summed E-state index contributed by atoms with van der Waals surface area (Å²) in [6.45, 7) is 2.84. The Morgan fingerprint density at radius 1 is 1.24 bits per heavy atom. The highest BCUT2D eigenvalue weighted by Gasteiger charge is 2.19. The molecule has 1 amide bonds. The van der Waals surface area contributed by atoms with Crippen LogP contribution in [0, 0.1) is 24.0 Å². The number of esters is 1. The highest BCUT2D eigenvalue weighted by atomic mass is 32.1. The molecular formula is C19H16N4O5S. The molecule has 29 heavy (non-hydrogen) atoms. The second-order valence-electron chi connectivity index (χ2n) is 6.03. The lowest BCUT2D eigenvalue weighted by molar-refractivity contribution is -0.384. The van der Waals surface area contributed by atoms with Crippen LogP contribution in [-0.4, -0.2) is 33.4 Å². The number of benzene rings is 1. The van der Waals surface area contributed by atoms with E-state index in [1.54, 1.807) is 32.2 Å². The molecule has 0 aliphatic rings. The lowest BCUT2D eigenvalue weighted by Gasteiger charge is -2.08. The second-order valence-corrected chi connectivity index (χ2v) is 7.03. The van der Waals surface area contributed by atoms with Crippen molar-refractivity contribution in [1.29, 1.82) is 0 Å². The molecule has 10 heteroatoms. The zero-order valence-electron chi connectivity index (χ0n) is 15.5. The van der Waals surface area contributed by atoms with Crippen LogP contribution in [-0.2, 0) is 9.53 Å². The number of non-ortho nitro benzene ring substituents is 1. The average Bonchev–Trinajstić information content (AvgIpc) is 3.10. The van der Waals surface area contributed by atoms with Crippen molar-refractivity contribution in [1.82, 2.24) is 9.97 Å². The predicted octanol–water partition coefficient (Wildman–Crippen LogP) is 3.53. The maximum atomic E-state index is 12.3. The molecular weight excluding hydrogens is 396 g/mol. The van der Waals surface area contributed by atoms with Crippen LogP contribution in [0.3, 0.4) is 0 Å². The quantitative estimate of drug-likeness (QED) is 0.373. The Hall–Kier alpha value is -3.66. The molecule has 1 N–H and O–H groups in total. The molecule has 0 spiro atoms. The van der Waals surface area contributed by atoms with Gasteiger partial charge in [-0.3, -0.25) is 19.9 Å². The van der Waals surface area contributed by atoms with Gasteiger partial charge in [0.05, 0.1) is 22.0 Å². The van der Waals surface area contributed by atoms with Crippen molar-refractivity contribution in [2.75, 3.05) is 11.9 Å². The number of amides is 1. The van der Waals surface area contributed by atoms with E-state index in [-0.39, 0.29) is 16.3 Å². The third kappa shape index (κ3) is 4.79. The molecule has 0 aliphatic heterocycles. The van der Waals surface area contributed by atoms with Gasteiger partial charge in [-0.05, 0) is 31.5 Å². The van der Waals surface area contributed by atoms with Gasteiger partial charge in [-0.25, -0.2) is 9.78 Å². The molecule has 2 aromatic heterocycles. The van der Waals surface area contributed by atoms with Crippen LogP contribution < -0.4 is 5.32 Å². The second kappa shape index (κ2) is 8.57. The van der Waals surface area contributed by atoms with Crippen LogP contribution in [0.5, 0.6) is 0 Å². The number of pyridine rings is 1. The first-order valence-electron chi connectivity index (χ1n) is 8.46. The van der Waals surface area contributed by atoms with Crippen LogP contribution in [0.15, 0.2) is 42.6 Å². The molecule has 0 saturated heterocycles. The first-order chi connectivity index (χ1) is 13.8. The van der Waals surface area contributed by atoms with Crippen LogP contribution in [0.4, 0.5) is 11.4 Å². The van der Waals surface area contributed by atoms with Crippen LogP contribution in [0.2, 0.25) is 0 Å². The lowest BCUT2D eigenvalue weighted by Crippen LogP contribution is -2.21. The van der Waals surface area contributed by atoms with Gasteiger partial charge in [0.25, 0.3) is 11.6 Å². The van der Waals surface area contributed by atoms with E-state index in [2.05, 4.69) is 15.3 Å². The van der Waals surface area contributed by atoms with Crippen molar-refractivity contribution < 1.29 is 19.2 Å². The summed E-state index contributed by atoms with van der Waals surface area (Å²) in [6, 6.07) is 9.50. The van der Waals surface area contributed by atoms with Crippen molar-refractivity contribution in [2.24, 2.45) is 0 Å². The zero-order chi connectivity index (χ0) is 21.0. The summed E-state index contributed by atoms with van der Waals surface area (Å²) in [7, 11) is 0. The Morgan fingerprint density at radius 2 is 2.03 bits per heavy atom. The minimum Gasteiger partial charge on any atom is -0.451 e. The number of carbonyl (C=O) groups is 2. The number of nitro benzene ring substituents is 1. The van der Waals surface area contributed by atoms with Gasteiger partial charge >= 0.3 is 5.97 Å². The van der Waals surface area contributed by atoms with E-state index < -0.39 is 23.4 Å². The average molecular weight is 412 g/mol. The number of hydrogen-bond donors (Lipinski definition) is 1. The lowest BCUT2D eigenvalue weighted by atomic mass is 10.2. The predicted molar refractivity (Wildman–Crippen MR) is 107 cm³/mol. The van der Waals surface area contributed by atoms with E-state index in [1.165, 1.54) is 18.2 Å². The van der Waals surface area contributed by atoms with Gasteiger partial charge in [-0.2, -0.15) is 0 Å². The summed E-state index contributed by atoms with van der Waals surface area (Å²) in [5.41, 5.74) is 1.90. The third-order valence-electron chi connectivity index (χ3n) is 3.91. The number of anilines is 1. The fourth-order valence-electron chi connectivity index (χ4n) is 2.43. The number of aryl methyl sites for hydroxylation is 2. The van der Waals surface area contributed by atoms with E-state index in [9.17, 15) is 19.7 Å². The number of rotatable bonds is 6. The van der Waals surface area contributed by atoms with E-state index in [0.29, 0.717) is 22.0 Å². The maximum Gasteiger partial charge on any atom is 0.350 e. The SMILES string of the molecule is Cc1ccc([N+](=O)[O-])cc1NC(=O)COC(=O)c1sc(-c2ccccn2)nc1C. The number of ether oxygens (including phenoxy) is 1. The molecule has 1 aromatic carbocycles. The largest absolute Gasteiger partial charge is 0.451 e. The molecule has 0 saturated carbocycles. The van der Waals surface area contributed by atoms with Gasteiger partial charge in [0, 0.05) is 18.3 Å². The van der Waals surface area contributed by atoms with E-state index in [1.807, 2.05) is 6.07 Å². The summed E-state index contributed by atoms with van der Waals surface area (Å²) >= 11 is 1.13. The van der Waals surface area contributed by atoms with E-state index >= 15 is 0 Å². The van der Waals surface area contributed by atoms with Crippen molar-refractivity contribution in [2.45, 2.75) is 13.8 Å². The Labute approximate surface area is 169 Å². The van der Waals surface area contributed by atoms with Crippen LogP contribution >= 0.6 is 11.3 Å². The smallest absolute Gasteiger partial charge is 0.350 e. The Bertz CT molecular complexity index is 1080. The molecule has 0 unspecified atom stereocenters. The molecule has 0 fully saturated rings. The fourth-order valence-corrected chi connectivity index (χ4v) is 3.36. The maximum absolute atomic E-state index is 12.3. The zero-order valence-corrected chi connectivity index (χ0v) is 16.4. The Morgan fingerprint density at radius 3 is 2.72 bits per heavy atom. The number of hydrogen-bond acceptors (Lipinski definition) is 8. The fraction of sp³-hybridized carbons (Fsp3) is 0.158. The summed E-state index contributed by atoms with van der Waals surface area (Å²) in [5.74, 6) is -1.28. The Kier molecular flexibility index (Phi) is 5.93. The monoisotopic (exact) mass is 412 g/mol. The molecule has 2 heterocycles. The topological polar surface area (TPSA) is 124 Å². The molecule has 0 bridgehead atoms.